The van der Waals surface area contributed by atoms with Gasteiger partial charge in [-0.25, -0.2) is 8.42 Å². The predicted octanol–water partition coefficient (Wildman–Crippen LogP) is 4.06. The van der Waals surface area contributed by atoms with Gasteiger partial charge in [0.1, 0.15) is 0 Å². The summed E-state index contributed by atoms with van der Waals surface area (Å²) in [6.07, 6.45) is 5.67. The van der Waals surface area contributed by atoms with Crippen LogP contribution in [0.3, 0.4) is 0 Å². The van der Waals surface area contributed by atoms with Crippen LogP contribution in [0.4, 0.5) is 0 Å². The lowest BCUT2D eigenvalue weighted by Crippen LogP contribution is -2.46. The average Bonchev–Trinajstić information content (AvgIpc) is 3.33. The molecular formula is C24H30N2O3S. The fourth-order valence-corrected chi connectivity index (χ4v) is 6.19. The van der Waals surface area contributed by atoms with Crippen molar-refractivity contribution in [2.45, 2.75) is 56.0 Å². The first-order valence-corrected chi connectivity index (χ1v) is 12.4. The van der Waals surface area contributed by atoms with Gasteiger partial charge in [0, 0.05) is 31.6 Å². The van der Waals surface area contributed by atoms with Crippen LogP contribution in [0.15, 0.2) is 65.6 Å². The van der Waals surface area contributed by atoms with E-state index >= 15 is 0 Å². The minimum absolute atomic E-state index is 0.100. The Kier molecular flexibility index (Phi) is 6.54. The number of sulfonamides is 1. The normalized spacial score (nSPS) is 19.1. The molecule has 1 heterocycles. The van der Waals surface area contributed by atoms with Gasteiger partial charge >= 0.3 is 0 Å². The summed E-state index contributed by atoms with van der Waals surface area (Å²) < 4.78 is 27.3. The molecule has 1 saturated carbocycles. The zero-order chi connectivity index (χ0) is 21.0. The van der Waals surface area contributed by atoms with E-state index in [2.05, 4.69) is 17.0 Å². The molecule has 1 aliphatic heterocycles. The van der Waals surface area contributed by atoms with E-state index in [-0.39, 0.29) is 11.8 Å². The van der Waals surface area contributed by atoms with Crippen molar-refractivity contribution in [3.63, 3.8) is 0 Å². The third kappa shape index (κ3) is 4.60. The van der Waals surface area contributed by atoms with Crippen molar-refractivity contribution in [2.75, 3.05) is 13.1 Å². The number of piperidine rings is 1. The van der Waals surface area contributed by atoms with Crippen LogP contribution in [0.5, 0.6) is 0 Å². The van der Waals surface area contributed by atoms with Crippen molar-refractivity contribution in [3.8, 4) is 0 Å². The van der Waals surface area contributed by atoms with Crippen LogP contribution in [0.25, 0.3) is 0 Å². The van der Waals surface area contributed by atoms with Crippen LogP contribution in [0.2, 0.25) is 0 Å². The van der Waals surface area contributed by atoms with E-state index in [1.165, 1.54) is 17.1 Å². The topological polar surface area (TPSA) is 57.7 Å². The van der Waals surface area contributed by atoms with Gasteiger partial charge in [0.15, 0.2) is 0 Å². The second kappa shape index (κ2) is 9.31. The smallest absolute Gasteiger partial charge is 0.243 e. The highest BCUT2D eigenvalue weighted by Gasteiger charge is 2.36. The number of nitrogens with zero attached hydrogens (tertiary/aromatic N) is 2. The molecule has 2 aliphatic rings. The molecule has 0 atom stereocenters. The largest absolute Gasteiger partial charge is 0.335 e. The summed E-state index contributed by atoms with van der Waals surface area (Å²) >= 11 is 0. The summed E-state index contributed by atoms with van der Waals surface area (Å²) in [4.78, 5) is 15.9. The van der Waals surface area contributed by atoms with Gasteiger partial charge in [-0.3, -0.25) is 4.79 Å². The molecule has 0 radical (unpaired) electrons. The lowest BCUT2D eigenvalue weighted by atomic mass is 9.95. The minimum atomic E-state index is -3.49. The second-order valence-corrected chi connectivity index (χ2v) is 10.3. The number of rotatable bonds is 6. The van der Waals surface area contributed by atoms with Crippen LogP contribution in [-0.4, -0.2) is 42.7 Å². The molecule has 0 unspecified atom stereocenters. The molecule has 2 aromatic carbocycles. The first-order valence-electron chi connectivity index (χ1n) is 11.0. The predicted molar refractivity (Wildman–Crippen MR) is 117 cm³/mol. The van der Waals surface area contributed by atoms with Gasteiger partial charge in [-0.05, 0) is 43.4 Å². The Morgan fingerprint density at radius 3 is 2.03 bits per heavy atom. The third-order valence-corrected chi connectivity index (χ3v) is 8.34. The zero-order valence-electron chi connectivity index (χ0n) is 17.3. The first-order chi connectivity index (χ1) is 14.6. The Morgan fingerprint density at radius 1 is 0.867 bits per heavy atom. The van der Waals surface area contributed by atoms with Crippen molar-refractivity contribution < 1.29 is 13.2 Å². The fourth-order valence-electron chi connectivity index (χ4n) is 4.70. The van der Waals surface area contributed by atoms with E-state index in [9.17, 15) is 13.2 Å². The van der Waals surface area contributed by atoms with E-state index in [0.29, 0.717) is 43.4 Å². The standard InChI is InChI=1S/C24H30N2O3S/c27-24(26(22-11-7-8-12-22)19-20-9-3-1-4-10-20)21-15-17-25(18-16-21)30(28,29)23-13-5-2-6-14-23/h1-6,9-10,13-14,21-22H,7-8,11-12,15-19H2. The molecule has 2 fully saturated rings. The maximum Gasteiger partial charge on any atom is 0.243 e. The van der Waals surface area contributed by atoms with Crippen LogP contribution in [0.1, 0.15) is 44.1 Å². The lowest BCUT2D eigenvalue weighted by molar-refractivity contribution is -0.139. The summed E-state index contributed by atoms with van der Waals surface area (Å²) in [6, 6.07) is 19.0. The molecule has 4 rings (SSSR count). The Labute approximate surface area is 179 Å². The zero-order valence-corrected chi connectivity index (χ0v) is 18.1. The number of benzene rings is 2. The summed E-state index contributed by atoms with van der Waals surface area (Å²) in [5, 5.41) is 0. The molecule has 2 aromatic rings. The molecule has 6 heteroatoms. The SMILES string of the molecule is O=C(C1CCN(S(=O)(=O)c2ccccc2)CC1)N(Cc1ccccc1)C1CCCC1. The molecule has 0 aromatic heterocycles. The highest BCUT2D eigenvalue weighted by atomic mass is 32.2. The van der Waals surface area contributed by atoms with E-state index in [0.717, 1.165) is 18.4 Å². The Balaban J connectivity index is 1.44. The quantitative estimate of drug-likeness (QED) is 0.700. The van der Waals surface area contributed by atoms with Gasteiger partial charge in [0.2, 0.25) is 15.9 Å². The molecular weight excluding hydrogens is 396 g/mol. The van der Waals surface area contributed by atoms with Gasteiger partial charge in [0.05, 0.1) is 4.90 Å². The number of carbonyl (C=O) groups is 1. The molecule has 0 bridgehead atoms. The summed E-state index contributed by atoms with van der Waals surface area (Å²) in [5.41, 5.74) is 1.15. The van der Waals surface area contributed by atoms with E-state index in [1.807, 2.05) is 24.3 Å². The molecule has 30 heavy (non-hydrogen) atoms. The first kappa shape index (κ1) is 21.1. The molecule has 1 saturated heterocycles. The van der Waals surface area contributed by atoms with Gasteiger partial charge in [-0.1, -0.05) is 61.4 Å². The van der Waals surface area contributed by atoms with Gasteiger partial charge < -0.3 is 4.90 Å². The van der Waals surface area contributed by atoms with Crippen molar-refractivity contribution in [3.05, 3.63) is 66.2 Å². The molecule has 0 spiro atoms. The number of amides is 1. The van der Waals surface area contributed by atoms with Crippen molar-refractivity contribution >= 4 is 15.9 Å². The summed E-state index contributed by atoms with van der Waals surface area (Å²) in [5.74, 6) is 0.0963. The van der Waals surface area contributed by atoms with E-state index < -0.39 is 10.0 Å². The van der Waals surface area contributed by atoms with Crippen molar-refractivity contribution in [1.82, 2.24) is 9.21 Å². The highest BCUT2D eigenvalue weighted by molar-refractivity contribution is 7.89. The second-order valence-electron chi connectivity index (χ2n) is 8.38. The summed E-state index contributed by atoms with van der Waals surface area (Å²) in [6.45, 7) is 1.45. The van der Waals surface area contributed by atoms with Gasteiger partial charge in [-0.15, -0.1) is 0 Å². The van der Waals surface area contributed by atoms with Gasteiger partial charge in [-0.2, -0.15) is 4.31 Å². The Morgan fingerprint density at radius 2 is 1.43 bits per heavy atom. The molecule has 5 nitrogen and oxygen atoms in total. The fraction of sp³-hybridized carbons (Fsp3) is 0.458. The molecule has 0 N–H and O–H groups in total. The van der Waals surface area contributed by atoms with Crippen molar-refractivity contribution in [1.29, 1.82) is 0 Å². The average molecular weight is 427 g/mol. The monoisotopic (exact) mass is 426 g/mol. The van der Waals surface area contributed by atoms with E-state index in [4.69, 9.17) is 0 Å². The molecule has 1 amide bonds. The van der Waals surface area contributed by atoms with Crippen LogP contribution in [0, 0.1) is 5.92 Å². The number of hydrogen-bond donors (Lipinski definition) is 0. The van der Waals surface area contributed by atoms with Crippen LogP contribution in [-0.2, 0) is 21.4 Å². The Bertz CT molecular complexity index is 933. The number of carbonyl (C=O) groups excluding carboxylic acids is 1. The number of hydrogen-bond acceptors (Lipinski definition) is 3. The van der Waals surface area contributed by atoms with Gasteiger partial charge in [0.25, 0.3) is 0 Å². The minimum Gasteiger partial charge on any atom is -0.335 e. The van der Waals surface area contributed by atoms with Crippen molar-refractivity contribution in [2.24, 2.45) is 5.92 Å². The summed E-state index contributed by atoms with van der Waals surface area (Å²) in [7, 11) is -3.49. The third-order valence-electron chi connectivity index (χ3n) is 6.43. The Hall–Kier alpha value is -2.18. The van der Waals surface area contributed by atoms with Crippen LogP contribution >= 0.6 is 0 Å². The maximum atomic E-state index is 13.5. The highest BCUT2D eigenvalue weighted by Crippen LogP contribution is 2.30. The maximum absolute atomic E-state index is 13.5. The molecule has 1 aliphatic carbocycles. The van der Waals surface area contributed by atoms with E-state index in [1.54, 1.807) is 24.3 Å². The van der Waals surface area contributed by atoms with Crippen LogP contribution < -0.4 is 0 Å². The lowest BCUT2D eigenvalue weighted by Gasteiger charge is -2.36. The molecule has 160 valence electrons.